The number of likely N-dealkylation sites (tertiary alicyclic amines) is 1. The third kappa shape index (κ3) is 5.51. The van der Waals surface area contributed by atoms with Crippen LogP contribution in [0.25, 0.3) is 0 Å². The molecule has 3 heterocycles. The normalized spacial score (nSPS) is 19.5. The molecule has 8 heteroatoms. The molecule has 1 aromatic rings. The number of aromatic nitrogens is 2. The predicted octanol–water partition coefficient (Wildman–Crippen LogP) is 1.31. The van der Waals surface area contributed by atoms with Gasteiger partial charge in [-0.15, -0.1) is 0 Å². The van der Waals surface area contributed by atoms with Crippen LogP contribution in [0, 0.1) is 5.92 Å². The summed E-state index contributed by atoms with van der Waals surface area (Å²) in [6.07, 6.45) is 3.66. The summed E-state index contributed by atoms with van der Waals surface area (Å²) in [5.74, 6) is 2.29. The lowest BCUT2D eigenvalue weighted by Crippen LogP contribution is -2.48. The van der Waals surface area contributed by atoms with Crippen molar-refractivity contribution < 1.29 is 14.1 Å². The fourth-order valence-electron chi connectivity index (χ4n) is 3.66. The van der Waals surface area contributed by atoms with Gasteiger partial charge in [0.05, 0.1) is 6.54 Å². The van der Waals surface area contributed by atoms with Crippen molar-refractivity contribution in [2.75, 3.05) is 39.3 Å². The van der Waals surface area contributed by atoms with Gasteiger partial charge >= 0.3 is 0 Å². The monoisotopic (exact) mass is 377 g/mol. The molecule has 0 unspecified atom stereocenters. The van der Waals surface area contributed by atoms with E-state index in [4.69, 9.17) is 4.52 Å². The zero-order valence-electron chi connectivity index (χ0n) is 16.5. The van der Waals surface area contributed by atoms with Gasteiger partial charge in [0.2, 0.25) is 17.7 Å². The third-order valence-corrected chi connectivity index (χ3v) is 5.59. The quantitative estimate of drug-likeness (QED) is 0.743. The van der Waals surface area contributed by atoms with Crippen LogP contribution in [0.4, 0.5) is 0 Å². The highest BCUT2D eigenvalue weighted by molar-refractivity contribution is 5.76. The maximum Gasteiger partial charge on any atom is 0.227 e. The Labute approximate surface area is 160 Å². The first-order valence-corrected chi connectivity index (χ1v) is 10.1. The van der Waals surface area contributed by atoms with Crippen molar-refractivity contribution in [3.05, 3.63) is 11.7 Å². The Kier molecular flexibility index (Phi) is 6.82. The zero-order chi connectivity index (χ0) is 19.2. The Balaban J connectivity index is 1.40. The minimum atomic E-state index is 0.179. The SMILES string of the molecule is CCC(=O)N1CCN(Cc2noc(CCC(=O)N3CCC(C)CC3)n2)CC1. The van der Waals surface area contributed by atoms with Gasteiger partial charge in [-0.05, 0) is 18.8 Å². The Hall–Kier alpha value is -1.96. The molecule has 3 rings (SSSR count). The van der Waals surface area contributed by atoms with Gasteiger partial charge in [0.25, 0.3) is 0 Å². The lowest BCUT2D eigenvalue weighted by Gasteiger charge is -2.33. The highest BCUT2D eigenvalue weighted by Crippen LogP contribution is 2.17. The first-order valence-electron chi connectivity index (χ1n) is 10.1. The summed E-state index contributed by atoms with van der Waals surface area (Å²) in [5, 5.41) is 4.05. The topological polar surface area (TPSA) is 82.8 Å². The first kappa shape index (κ1) is 19.8. The molecule has 0 aromatic carbocycles. The van der Waals surface area contributed by atoms with Gasteiger partial charge in [0.1, 0.15) is 0 Å². The van der Waals surface area contributed by atoms with Crippen LogP contribution in [0.15, 0.2) is 4.52 Å². The predicted molar refractivity (Wildman–Crippen MR) is 99.7 cm³/mol. The molecule has 2 aliphatic rings. The summed E-state index contributed by atoms with van der Waals surface area (Å²) in [7, 11) is 0. The van der Waals surface area contributed by atoms with Crippen molar-refractivity contribution in [1.29, 1.82) is 0 Å². The van der Waals surface area contributed by atoms with E-state index in [1.165, 1.54) is 0 Å². The van der Waals surface area contributed by atoms with Crippen molar-refractivity contribution >= 4 is 11.8 Å². The van der Waals surface area contributed by atoms with E-state index in [2.05, 4.69) is 22.0 Å². The van der Waals surface area contributed by atoms with Gasteiger partial charge in [0.15, 0.2) is 5.82 Å². The van der Waals surface area contributed by atoms with E-state index < -0.39 is 0 Å². The van der Waals surface area contributed by atoms with Crippen molar-refractivity contribution in [2.24, 2.45) is 5.92 Å². The summed E-state index contributed by atoms with van der Waals surface area (Å²) in [6, 6.07) is 0. The van der Waals surface area contributed by atoms with Crippen LogP contribution in [-0.2, 0) is 22.6 Å². The van der Waals surface area contributed by atoms with Crippen LogP contribution in [0.5, 0.6) is 0 Å². The fourth-order valence-corrected chi connectivity index (χ4v) is 3.66. The maximum atomic E-state index is 12.3. The number of hydrogen-bond donors (Lipinski definition) is 0. The lowest BCUT2D eigenvalue weighted by atomic mass is 9.99. The Bertz CT molecular complexity index is 631. The van der Waals surface area contributed by atoms with Gasteiger partial charge in [0, 0.05) is 58.5 Å². The van der Waals surface area contributed by atoms with E-state index >= 15 is 0 Å². The smallest absolute Gasteiger partial charge is 0.227 e. The van der Waals surface area contributed by atoms with Gasteiger partial charge in [-0.2, -0.15) is 4.98 Å². The summed E-state index contributed by atoms with van der Waals surface area (Å²) in [5.41, 5.74) is 0. The first-order chi connectivity index (χ1) is 13.0. The van der Waals surface area contributed by atoms with E-state index in [0.29, 0.717) is 37.5 Å². The van der Waals surface area contributed by atoms with Crippen molar-refractivity contribution in [2.45, 2.75) is 52.5 Å². The molecule has 0 radical (unpaired) electrons. The molecule has 8 nitrogen and oxygen atoms in total. The van der Waals surface area contributed by atoms with Crippen LogP contribution in [0.3, 0.4) is 0 Å². The Morgan fingerprint density at radius 2 is 1.70 bits per heavy atom. The molecular weight excluding hydrogens is 346 g/mol. The summed E-state index contributed by atoms with van der Waals surface area (Å²) < 4.78 is 5.31. The molecule has 0 atom stereocenters. The lowest BCUT2D eigenvalue weighted by molar-refractivity contribution is -0.133. The Morgan fingerprint density at radius 1 is 1.04 bits per heavy atom. The molecule has 0 aliphatic carbocycles. The largest absolute Gasteiger partial charge is 0.343 e. The van der Waals surface area contributed by atoms with Crippen LogP contribution in [0.2, 0.25) is 0 Å². The number of aryl methyl sites for hydroxylation is 1. The minimum Gasteiger partial charge on any atom is -0.343 e. The number of carbonyl (C=O) groups is 2. The van der Waals surface area contributed by atoms with Gasteiger partial charge < -0.3 is 14.3 Å². The molecule has 2 saturated heterocycles. The molecule has 0 bridgehead atoms. The van der Waals surface area contributed by atoms with Crippen molar-refractivity contribution in [3.63, 3.8) is 0 Å². The van der Waals surface area contributed by atoms with Crippen LogP contribution in [-0.4, -0.2) is 75.9 Å². The number of piperidine rings is 1. The third-order valence-electron chi connectivity index (χ3n) is 5.59. The maximum absolute atomic E-state index is 12.3. The van der Waals surface area contributed by atoms with E-state index in [-0.39, 0.29) is 11.8 Å². The number of piperazine rings is 1. The molecule has 27 heavy (non-hydrogen) atoms. The number of rotatable bonds is 6. The average Bonchev–Trinajstić information content (AvgIpc) is 3.14. The van der Waals surface area contributed by atoms with Crippen LogP contribution in [0.1, 0.15) is 51.2 Å². The highest BCUT2D eigenvalue weighted by Gasteiger charge is 2.23. The van der Waals surface area contributed by atoms with E-state index in [0.717, 1.165) is 58.0 Å². The van der Waals surface area contributed by atoms with Gasteiger partial charge in [-0.1, -0.05) is 19.0 Å². The van der Waals surface area contributed by atoms with Gasteiger partial charge in [-0.25, -0.2) is 0 Å². The highest BCUT2D eigenvalue weighted by atomic mass is 16.5. The van der Waals surface area contributed by atoms with Crippen molar-refractivity contribution in [3.8, 4) is 0 Å². The molecular formula is C19H31N5O3. The summed E-state index contributed by atoms with van der Waals surface area (Å²) >= 11 is 0. The number of carbonyl (C=O) groups excluding carboxylic acids is 2. The van der Waals surface area contributed by atoms with Crippen LogP contribution < -0.4 is 0 Å². The molecule has 2 fully saturated rings. The summed E-state index contributed by atoms with van der Waals surface area (Å²) in [6.45, 7) is 9.62. The average molecular weight is 377 g/mol. The number of hydrogen-bond acceptors (Lipinski definition) is 6. The van der Waals surface area contributed by atoms with Crippen molar-refractivity contribution in [1.82, 2.24) is 24.8 Å². The summed E-state index contributed by atoms with van der Waals surface area (Å²) in [4.78, 5) is 34.6. The van der Waals surface area contributed by atoms with E-state index in [1.54, 1.807) is 0 Å². The molecule has 0 saturated carbocycles. The minimum absolute atomic E-state index is 0.179. The second-order valence-electron chi connectivity index (χ2n) is 7.68. The molecule has 2 amide bonds. The molecule has 0 N–H and O–H groups in total. The second kappa shape index (κ2) is 9.30. The Morgan fingerprint density at radius 3 is 2.37 bits per heavy atom. The number of nitrogens with zero attached hydrogens (tertiary/aromatic N) is 5. The molecule has 1 aromatic heterocycles. The number of amides is 2. The fraction of sp³-hybridized carbons (Fsp3) is 0.789. The van der Waals surface area contributed by atoms with Gasteiger partial charge in [-0.3, -0.25) is 14.5 Å². The van der Waals surface area contributed by atoms with Crippen LogP contribution >= 0.6 is 0 Å². The molecule has 0 spiro atoms. The molecule has 150 valence electrons. The van der Waals surface area contributed by atoms with E-state index in [9.17, 15) is 9.59 Å². The second-order valence-corrected chi connectivity index (χ2v) is 7.68. The van der Waals surface area contributed by atoms with E-state index in [1.807, 2.05) is 16.7 Å². The standard InChI is InChI=1S/C19H31N5O3/c1-3-18(25)24-12-10-22(11-13-24)14-16-20-17(27-21-16)4-5-19(26)23-8-6-15(2)7-9-23/h15H,3-14H2,1-2H3. The molecule has 2 aliphatic heterocycles. The zero-order valence-corrected chi connectivity index (χ0v) is 16.5.